The van der Waals surface area contributed by atoms with Gasteiger partial charge in [0.05, 0.1) is 16.7 Å². The molecule has 0 unspecified atom stereocenters. The molecule has 0 aliphatic carbocycles. The summed E-state index contributed by atoms with van der Waals surface area (Å²) in [6, 6.07) is 14.5. The Bertz CT molecular complexity index is 957. The van der Waals surface area contributed by atoms with Crippen molar-refractivity contribution in [3.63, 3.8) is 0 Å². The number of nitrogens with one attached hydrogen (secondary N) is 2. The Morgan fingerprint density at radius 3 is 2.57 bits per heavy atom. The van der Waals surface area contributed by atoms with Crippen LogP contribution in [0.5, 0.6) is 0 Å². The summed E-state index contributed by atoms with van der Waals surface area (Å²) in [7, 11) is 0. The third kappa shape index (κ3) is 2.57. The summed E-state index contributed by atoms with van der Waals surface area (Å²) in [5.74, 6) is 0.795. The molecule has 23 heavy (non-hydrogen) atoms. The first-order valence-electron chi connectivity index (χ1n) is 7.39. The van der Waals surface area contributed by atoms with E-state index in [1.165, 1.54) is 11.1 Å². The van der Waals surface area contributed by atoms with Crippen LogP contribution in [0.15, 0.2) is 46.9 Å². The minimum Gasteiger partial charge on any atom is -0.337 e. The van der Waals surface area contributed by atoms with Crippen LogP contribution in [0.2, 0.25) is 0 Å². The Balaban J connectivity index is 1.75. The zero-order valence-electron chi connectivity index (χ0n) is 12.8. The predicted molar refractivity (Wildman–Crippen MR) is 96.3 cm³/mol. The third-order valence-corrected chi connectivity index (χ3v) is 4.80. The van der Waals surface area contributed by atoms with Crippen molar-refractivity contribution in [2.45, 2.75) is 13.8 Å². The highest BCUT2D eigenvalue weighted by atomic mass is 79.9. The van der Waals surface area contributed by atoms with Crippen LogP contribution in [0.1, 0.15) is 11.1 Å². The van der Waals surface area contributed by atoms with Crippen molar-refractivity contribution < 1.29 is 0 Å². The second kappa shape index (κ2) is 5.35. The van der Waals surface area contributed by atoms with Crippen LogP contribution in [-0.2, 0) is 0 Å². The van der Waals surface area contributed by atoms with Crippen molar-refractivity contribution >= 4 is 27.0 Å². The highest BCUT2D eigenvalue weighted by Gasteiger charge is 2.11. The van der Waals surface area contributed by atoms with Gasteiger partial charge in [0.15, 0.2) is 5.82 Å². The Morgan fingerprint density at radius 2 is 1.78 bits per heavy atom. The molecule has 4 nitrogen and oxygen atoms in total. The van der Waals surface area contributed by atoms with Gasteiger partial charge in [0.2, 0.25) is 0 Å². The fourth-order valence-corrected chi connectivity index (χ4v) is 2.91. The van der Waals surface area contributed by atoms with Crippen LogP contribution >= 0.6 is 15.9 Å². The van der Waals surface area contributed by atoms with E-state index in [0.717, 1.165) is 38.3 Å². The zero-order chi connectivity index (χ0) is 16.0. The predicted octanol–water partition coefficient (Wildman–Crippen LogP) is 5.00. The van der Waals surface area contributed by atoms with Crippen LogP contribution in [0.3, 0.4) is 0 Å². The van der Waals surface area contributed by atoms with E-state index in [4.69, 9.17) is 0 Å². The molecule has 0 aliphatic heterocycles. The molecule has 4 aromatic rings. The Morgan fingerprint density at radius 1 is 1.00 bits per heavy atom. The molecule has 5 heteroatoms. The normalized spacial score (nSPS) is 11.3. The first kappa shape index (κ1) is 14.2. The molecule has 0 saturated heterocycles. The Hall–Kier alpha value is -2.40. The van der Waals surface area contributed by atoms with Crippen molar-refractivity contribution in [3.05, 3.63) is 58.1 Å². The van der Waals surface area contributed by atoms with Gasteiger partial charge in [-0.15, -0.1) is 0 Å². The highest BCUT2D eigenvalue weighted by molar-refractivity contribution is 9.10. The molecule has 0 fully saturated rings. The van der Waals surface area contributed by atoms with Crippen molar-refractivity contribution in [1.82, 2.24) is 20.2 Å². The zero-order valence-corrected chi connectivity index (χ0v) is 14.4. The van der Waals surface area contributed by atoms with Crippen LogP contribution in [0.4, 0.5) is 0 Å². The number of halogens is 1. The molecule has 2 heterocycles. The number of hydrogen-bond acceptors (Lipinski definition) is 2. The highest BCUT2D eigenvalue weighted by Crippen LogP contribution is 2.27. The number of fused-ring (bicyclic) bond motifs is 1. The van der Waals surface area contributed by atoms with E-state index in [-0.39, 0.29) is 0 Å². The third-order valence-electron chi connectivity index (χ3n) is 3.94. The minimum absolute atomic E-state index is 0.795. The molecule has 0 spiro atoms. The molecule has 0 atom stereocenters. The van der Waals surface area contributed by atoms with E-state index in [2.05, 4.69) is 80.3 Å². The maximum absolute atomic E-state index is 4.65. The lowest BCUT2D eigenvalue weighted by Gasteiger charge is -1.96. The van der Waals surface area contributed by atoms with E-state index in [1.807, 2.05) is 12.1 Å². The summed E-state index contributed by atoms with van der Waals surface area (Å²) in [5, 5.41) is 7.47. The van der Waals surface area contributed by atoms with Gasteiger partial charge in [-0.3, -0.25) is 5.10 Å². The van der Waals surface area contributed by atoms with Gasteiger partial charge in [-0.1, -0.05) is 45.8 Å². The maximum Gasteiger partial charge on any atom is 0.156 e. The van der Waals surface area contributed by atoms with Crippen molar-refractivity contribution in [2.24, 2.45) is 0 Å². The number of H-pyrrole nitrogens is 2. The fourth-order valence-electron chi connectivity index (χ4n) is 2.58. The van der Waals surface area contributed by atoms with E-state index in [9.17, 15) is 0 Å². The fraction of sp³-hybridized carbons (Fsp3) is 0.111. The van der Waals surface area contributed by atoms with Crippen LogP contribution in [0.25, 0.3) is 33.8 Å². The molecule has 0 bridgehead atoms. The molecule has 2 aromatic carbocycles. The summed E-state index contributed by atoms with van der Waals surface area (Å²) in [6.45, 7) is 4.14. The molecule has 114 valence electrons. The monoisotopic (exact) mass is 366 g/mol. The van der Waals surface area contributed by atoms with E-state index in [0.29, 0.717) is 0 Å². The van der Waals surface area contributed by atoms with Crippen LogP contribution in [0, 0.1) is 13.8 Å². The molecule has 0 amide bonds. The van der Waals surface area contributed by atoms with Crippen LogP contribution in [-0.4, -0.2) is 20.2 Å². The number of rotatable bonds is 2. The van der Waals surface area contributed by atoms with Gasteiger partial charge < -0.3 is 4.98 Å². The second-order valence-corrected chi connectivity index (χ2v) is 6.59. The number of benzene rings is 2. The lowest BCUT2D eigenvalue weighted by atomic mass is 10.1. The number of imidazole rings is 1. The average Bonchev–Trinajstić information content (AvgIpc) is 3.15. The van der Waals surface area contributed by atoms with Gasteiger partial charge in [-0.25, -0.2) is 4.98 Å². The second-order valence-electron chi connectivity index (χ2n) is 5.74. The first-order chi connectivity index (χ1) is 11.1. The molecule has 2 N–H and O–H groups in total. The van der Waals surface area contributed by atoms with Gasteiger partial charge in [-0.2, -0.15) is 5.10 Å². The maximum atomic E-state index is 4.65. The summed E-state index contributed by atoms with van der Waals surface area (Å²) in [4.78, 5) is 8.00. The number of hydrogen-bond donors (Lipinski definition) is 2. The Labute approximate surface area is 142 Å². The Kier molecular flexibility index (Phi) is 3.31. The summed E-state index contributed by atoms with van der Waals surface area (Å²) >= 11 is 3.55. The van der Waals surface area contributed by atoms with Gasteiger partial charge in [0.1, 0.15) is 5.69 Å². The molecule has 4 rings (SSSR count). The molecule has 0 radical (unpaired) electrons. The SMILES string of the molecule is Cc1ccc(-c2cc(-c3nc4cc(Br)c(C)cc4[nH]3)[nH]n2)cc1. The molecule has 0 saturated carbocycles. The van der Waals surface area contributed by atoms with Gasteiger partial charge in [0.25, 0.3) is 0 Å². The van der Waals surface area contributed by atoms with Gasteiger partial charge in [-0.05, 0) is 37.6 Å². The molecule has 0 aliphatic rings. The quantitative estimate of drug-likeness (QED) is 0.524. The summed E-state index contributed by atoms with van der Waals surface area (Å²) in [5.41, 5.74) is 7.26. The van der Waals surface area contributed by atoms with Crippen molar-refractivity contribution in [3.8, 4) is 22.8 Å². The van der Waals surface area contributed by atoms with Crippen LogP contribution < -0.4 is 0 Å². The van der Waals surface area contributed by atoms with Gasteiger partial charge in [0, 0.05) is 10.0 Å². The minimum atomic E-state index is 0.795. The standard InChI is InChI=1S/C18H15BrN4/c1-10-3-5-12(6-4-10)14-9-17(23-22-14)18-20-15-7-11(2)13(19)8-16(15)21-18/h3-9H,1-2H3,(H,20,21)(H,22,23). The largest absolute Gasteiger partial charge is 0.337 e. The number of aromatic amines is 2. The molecular weight excluding hydrogens is 352 g/mol. The summed E-state index contributed by atoms with van der Waals surface area (Å²) in [6.07, 6.45) is 0. The van der Waals surface area contributed by atoms with Gasteiger partial charge >= 0.3 is 0 Å². The number of aryl methyl sites for hydroxylation is 2. The topological polar surface area (TPSA) is 57.4 Å². The average molecular weight is 367 g/mol. The smallest absolute Gasteiger partial charge is 0.156 e. The first-order valence-corrected chi connectivity index (χ1v) is 8.18. The molecular formula is C18H15BrN4. The lowest BCUT2D eigenvalue weighted by Crippen LogP contribution is -1.79. The van der Waals surface area contributed by atoms with Crippen molar-refractivity contribution in [2.75, 3.05) is 0 Å². The van der Waals surface area contributed by atoms with E-state index >= 15 is 0 Å². The summed E-state index contributed by atoms with van der Waals surface area (Å²) < 4.78 is 1.06. The number of aromatic nitrogens is 4. The van der Waals surface area contributed by atoms with E-state index in [1.54, 1.807) is 0 Å². The number of nitrogens with zero attached hydrogens (tertiary/aromatic N) is 2. The lowest BCUT2D eigenvalue weighted by molar-refractivity contribution is 1.08. The molecule has 2 aromatic heterocycles. The van der Waals surface area contributed by atoms with Crippen molar-refractivity contribution in [1.29, 1.82) is 0 Å². The van der Waals surface area contributed by atoms with E-state index < -0.39 is 0 Å².